The fourth-order valence-electron chi connectivity index (χ4n) is 1.67. The van der Waals surface area contributed by atoms with Gasteiger partial charge in [-0.2, -0.15) is 0 Å². The summed E-state index contributed by atoms with van der Waals surface area (Å²) < 4.78 is 20.2. The van der Waals surface area contributed by atoms with E-state index in [2.05, 4.69) is 15.9 Å². The first-order valence-electron chi connectivity index (χ1n) is 5.89. The molecule has 0 spiro atoms. The molecule has 4 heteroatoms. The molecule has 0 unspecified atom stereocenters. The number of aliphatic hydroxyl groups is 1. The third-order valence-electron chi connectivity index (χ3n) is 2.75. The number of hydrogen-bond acceptors (Lipinski definition) is 2. The van der Waals surface area contributed by atoms with Crippen LogP contribution in [0.25, 0.3) is 0 Å². The summed E-state index contributed by atoms with van der Waals surface area (Å²) in [6.07, 6.45) is -0.699. The van der Waals surface area contributed by atoms with E-state index in [-0.39, 0.29) is 5.75 Å². The van der Waals surface area contributed by atoms with Crippen LogP contribution >= 0.6 is 15.9 Å². The van der Waals surface area contributed by atoms with Gasteiger partial charge in [0, 0.05) is 0 Å². The number of benzene rings is 2. The second-order valence-corrected chi connectivity index (χ2v) is 5.26. The van der Waals surface area contributed by atoms with E-state index in [9.17, 15) is 9.50 Å². The topological polar surface area (TPSA) is 29.5 Å². The zero-order valence-corrected chi connectivity index (χ0v) is 12.2. The smallest absolute Gasteiger partial charge is 0.166 e. The first-order valence-corrected chi connectivity index (χ1v) is 6.68. The molecule has 0 aliphatic carbocycles. The number of halogens is 2. The third-order valence-corrected chi connectivity index (χ3v) is 3.37. The second kappa shape index (κ2) is 5.72. The van der Waals surface area contributed by atoms with E-state index in [4.69, 9.17) is 4.74 Å². The van der Waals surface area contributed by atoms with Gasteiger partial charge in [-0.25, -0.2) is 4.39 Å². The first kappa shape index (κ1) is 14.0. The van der Waals surface area contributed by atoms with E-state index in [0.717, 1.165) is 10.0 Å². The molecule has 19 heavy (non-hydrogen) atoms. The highest BCUT2D eigenvalue weighted by atomic mass is 79.9. The van der Waals surface area contributed by atoms with Crippen LogP contribution in [0.5, 0.6) is 11.5 Å². The highest BCUT2D eigenvalue weighted by Gasteiger charge is 2.10. The van der Waals surface area contributed by atoms with Crippen molar-refractivity contribution in [2.45, 2.75) is 20.0 Å². The van der Waals surface area contributed by atoms with Crippen molar-refractivity contribution in [1.82, 2.24) is 0 Å². The molecule has 0 aromatic heterocycles. The Morgan fingerprint density at radius 3 is 2.42 bits per heavy atom. The minimum absolute atomic E-state index is 0.133. The first-order chi connectivity index (χ1) is 8.97. The van der Waals surface area contributed by atoms with E-state index in [0.29, 0.717) is 11.3 Å². The maximum absolute atomic E-state index is 13.9. The van der Waals surface area contributed by atoms with Gasteiger partial charge < -0.3 is 9.84 Å². The van der Waals surface area contributed by atoms with Crippen molar-refractivity contribution in [3.05, 3.63) is 57.8 Å². The number of hydrogen-bond donors (Lipinski definition) is 1. The third kappa shape index (κ3) is 3.33. The summed E-state index contributed by atoms with van der Waals surface area (Å²) >= 11 is 3.38. The van der Waals surface area contributed by atoms with E-state index < -0.39 is 11.9 Å². The number of ether oxygens (including phenoxy) is 1. The van der Waals surface area contributed by atoms with Crippen LogP contribution in [0.2, 0.25) is 0 Å². The maximum Gasteiger partial charge on any atom is 0.166 e. The Bertz CT molecular complexity index is 597. The lowest BCUT2D eigenvalue weighted by atomic mass is 10.1. The molecule has 0 saturated carbocycles. The molecule has 0 aliphatic rings. The Morgan fingerprint density at radius 1 is 1.16 bits per heavy atom. The number of rotatable bonds is 3. The molecule has 1 atom stereocenters. The Labute approximate surface area is 120 Å². The Kier molecular flexibility index (Phi) is 4.22. The van der Waals surface area contributed by atoms with Crippen molar-refractivity contribution >= 4 is 15.9 Å². The average molecular weight is 325 g/mol. The van der Waals surface area contributed by atoms with Gasteiger partial charge in [0.2, 0.25) is 0 Å². The molecular formula is C15H14BrFO2. The molecule has 2 aromatic rings. The van der Waals surface area contributed by atoms with Crippen molar-refractivity contribution < 1.29 is 14.2 Å². The van der Waals surface area contributed by atoms with Crippen molar-refractivity contribution in [3.8, 4) is 11.5 Å². The zero-order valence-electron chi connectivity index (χ0n) is 10.7. The van der Waals surface area contributed by atoms with Crippen LogP contribution in [-0.4, -0.2) is 5.11 Å². The van der Waals surface area contributed by atoms with Gasteiger partial charge in [-0.05, 0) is 65.2 Å². The van der Waals surface area contributed by atoms with Gasteiger partial charge in [0.15, 0.2) is 11.6 Å². The lowest BCUT2D eigenvalue weighted by molar-refractivity contribution is 0.198. The monoisotopic (exact) mass is 324 g/mol. The number of aliphatic hydroxyl groups excluding tert-OH is 1. The van der Waals surface area contributed by atoms with Crippen LogP contribution < -0.4 is 4.74 Å². The van der Waals surface area contributed by atoms with Crippen LogP contribution in [0.4, 0.5) is 4.39 Å². The van der Waals surface area contributed by atoms with E-state index in [1.165, 1.54) is 12.1 Å². The van der Waals surface area contributed by atoms with Crippen molar-refractivity contribution in [2.24, 2.45) is 0 Å². The molecule has 0 heterocycles. The van der Waals surface area contributed by atoms with Gasteiger partial charge in [-0.3, -0.25) is 0 Å². The highest BCUT2D eigenvalue weighted by Crippen LogP contribution is 2.32. The van der Waals surface area contributed by atoms with E-state index in [1.807, 2.05) is 19.1 Å². The molecule has 0 radical (unpaired) electrons. The predicted octanol–water partition coefficient (Wildman–Crippen LogP) is 4.74. The molecule has 0 aliphatic heterocycles. The molecule has 0 fully saturated rings. The summed E-state index contributed by atoms with van der Waals surface area (Å²) in [6, 6.07) is 10.0. The quantitative estimate of drug-likeness (QED) is 0.883. The van der Waals surface area contributed by atoms with Crippen LogP contribution in [0.3, 0.4) is 0 Å². The number of aryl methyl sites for hydroxylation is 1. The average Bonchev–Trinajstić information content (AvgIpc) is 2.34. The lowest BCUT2D eigenvalue weighted by Crippen LogP contribution is -1.95. The molecular weight excluding hydrogens is 311 g/mol. The van der Waals surface area contributed by atoms with Crippen molar-refractivity contribution in [2.75, 3.05) is 0 Å². The maximum atomic E-state index is 13.9. The summed E-state index contributed by atoms with van der Waals surface area (Å²) in [5.41, 5.74) is 1.61. The predicted molar refractivity (Wildman–Crippen MR) is 76.0 cm³/mol. The van der Waals surface area contributed by atoms with Gasteiger partial charge in [-0.1, -0.05) is 12.1 Å². The van der Waals surface area contributed by atoms with Crippen LogP contribution in [0, 0.1) is 12.7 Å². The molecule has 100 valence electrons. The van der Waals surface area contributed by atoms with Gasteiger partial charge in [0.1, 0.15) is 5.75 Å². The zero-order chi connectivity index (χ0) is 14.0. The molecule has 2 aromatic carbocycles. The standard InChI is InChI=1S/C15H14BrFO2/c1-9-3-5-14(12(16)7-9)19-15-6-4-11(10(2)18)8-13(15)17/h3-8,10,18H,1-2H3/t10-/m0/s1. The molecule has 0 amide bonds. The minimum Gasteiger partial charge on any atom is -0.453 e. The lowest BCUT2D eigenvalue weighted by Gasteiger charge is -2.11. The van der Waals surface area contributed by atoms with Crippen molar-refractivity contribution in [3.63, 3.8) is 0 Å². The summed E-state index contributed by atoms with van der Waals surface area (Å²) in [6.45, 7) is 3.55. The van der Waals surface area contributed by atoms with Crippen LogP contribution in [0.15, 0.2) is 40.9 Å². The molecule has 0 saturated heterocycles. The van der Waals surface area contributed by atoms with Gasteiger partial charge >= 0.3 is 0 Å². The molecule has 1 N–H and O–H groups in total. The molecule has 2 nitrogen and oxygen atoms in total. The minimum atomic E-state index is -0.699. The Morgan fingerprint density at radius 2 is 1.84 bits per heavy atom. The fraction of sp³-hybridized carbons (Fsp3) is 0.200. The van der Waals surface area contributed by atoms with Crippen LogP contribution in [0.1, 0.15) is 24.2 Å². The fourth-order valence-corrected chi connectivity index (χ4v) is 2.24. The second-order valence-electron chi connectivity index (χ2n) is 4.40. The van der Waals surface area contributed by atoms with Gasteiger partial charge in [-0.15, -0.1) is 0 Å². The Hall–Kier alpha value is -1.39. The van der Waals surface area contributed by atoms with E-state index >= 15 is 0 Å². The summed E-state index contributed by atoms with van der Waals surface area (Å²) in [5, 5.41) is 9.39. The Balaban J connectivity index is 2.28. The van der Waals surface area contributed by atoms with Crippen molar-refractivity contribution in [1.29, 1.82) is 0 Å². The molecule has 2 rings (SSSR count). The summed E-state index contributed by atoms with van der Waals surface area (Å²) in [4.78, 5) is 0. The SMILES string of the molecule is Cc1ccc(Oc2ccc([C@H](C)O)cc2F)c(Br)c1. The molecule has 0 bridgehead atoms. The van der Waals surface area contributed by atoms with Gasteiger partial charge in [0.25, 0.3) is 0 Å². The van der Waals surface area contributed by atoms with Crippen LogP contribution in [-0.2, 0) is 0 Å². The summed E-state index contributed by atoms with van der Waals surface area (Å²) in [5.74, 6) is 0.189. The largest absolute Gasteiger partial charge is 0.453 e. The van der Waals surface area contributed by atoms with Gasteiger partial charge in [0.05, 0.1) is 10.6 Å². The summed E-state index contributed by atoms with van der Waals surface area (Å²) in [7, 11) is 0. The van der Waals surface area contributed by atoms with E-state index in [1.54, 1.807) is 19.1 Å². The highest BCUT2D eigenvalue weighted by molar-refractivity contribution is 9.10. The normalized spacial score (nSPS) is 12.3.